The van der Waals surface area contributed by atoms with Crippen molar-refractivity contribution in [2.24, 2.45) is 5.92 Å². The lowest BCUT2D eigenvalue weighted by molar-refractivity contribution is -0.129. The van der Waals surface area contributed by atoms with Gasteiger partial charge in [0.1, 0.15) is 0 Å². The molecule has 22 heavy (non-hydrogen) atoms. The van der Waals surface area contributed by atoms with Crippen LogP contribution in [0.4, 0.5) is 11.4 Å². The maximum Gasteiger partial charge on any atom is 0.229 e. The van der Waals surface area contributed by atoms with Gasteiger partial charge in [-0.1, -0.05) is 18.9 Å². The van der Waals surface area contributed by atoms with Crippen molar-refractivity contribution in [3.8, 4) is 0 Å². The lowest BCUT2D eigenvalue weighted by Gasteiger charge is -2.24. The summed E-state index contributed by atoms with van der Waals surface area (Å²) in [7, 11) is 0. The van der Waals surface area contributed by atoms with Crippen LogP contribution in [0.15, 0.2) is 18.2 Å². The van der Waals surface area contributed by atoms with E-state index in [1.54, 1.807) is 6.07 Å². The number of nitrogens with two attached hydrogens (primary N) is 1. The van der Waals surface area contributed by atoms with Crippen molar-refractivity contribution in [1.29, 1.82) is 0 Å². The van der Waals surface area contributed by atoms with E-state index in [1.807, 2.05) is 24.0 Å². The highest BCUT2D eigenvalue weighted by atomic mass is 16.2. The normalized spacial score (nSPS) is 22.3. The van der Waals surface area contributed by atoms with Crippen LogP contribution in [0.2, 0.25) is 0 Å². The molecule has 5 heteroatoms. The first-order chi connectivity index (χ1) is 10.5. The summed E-state index contributed by atoms with van der Waals surface area (Å²) in [5.74, 6) is -0.215. The van der Waals surface area contributed by atoms with Crippen LogP contribution < -0.4 is 11.1 Å². The van der Waals surface area contributed by atoms with Crippen molar-refractivity contribution in [3.05, 3.63) is 23.8 Å². The number of anilines is 2. The fourth-order valence-electron chi connectivity index (χ4n) is 3.49. The zero-order valence-corrected chi connectivity index (χ0v) is 13.0. The summed E-state index contributed by atoms with van der Waals surface area (Å²) >= 11 is 0. The molecule has 0 spiro atoms. The smallest absolute Gasteiger partial charge is 0.229 e. The van der Waals surface area contributed by atoms with E-state index in [-0.39, 0.29) is 17.7 Å². The third-order valence-electron chi connectivity index (χ3n) is 4.81. The minimum Gasteiger partial charge on any atom is -0.399 e. The van der Waals surface area contributed by atoms with Gasteiger partial charge in [0.25, 0.3) is 0 Å². The first-order valence-electron chi connectivity index (χ1n) is 8.01. The molecule has 0 radical (unpaired) electrons. The quantitative estimate of drug-likeness (QED) is 0.841. The number of benzene rings is 1. The second-order valence-corrected chi connectivity index (χ2v) is 6.45. The molecule has 2 fully saturated rings. The maximum atomic E-state index is 12.5. The highest BCUT2D eigenvalue weighted by Crippen LogP contribution is 2.30. The summed E-state index contributed by atoms with van der Waals surface area (Å²) in [6, 6.07) is 5.81. The monoisotopic (exact) mass is 301 g/mol. The van der Waals surface area contributed by atoms with Gasteiger partial charge >= 0.3 is 0 Å². The molecule has 5 nitrogen and oxygen atoms in total. The summed E-state index contributed by atoms with van der Waals surface area (Å²) < 4.78 is 0. The van der Waals surface area contributed by atoms with Crippen LogP contribution in [-0.2, 0) is 9.59 Å². The Morgan fingerprint density at radius 2 is 2.05 bits per heavy atom. The van der Waals surface area contributed by atoms with Crippen molar-refractivity contribution in [1.82, 2.24) is 4.90 Å². The first-order valence-corrected chi connectivity index (χ1v) is 8.01. The number of likely N-dealkylation sites (tertiary alicyclic amines) is 1. The molecule has 1 unspecified atom stereocenters. The van der Waals surface area contributed by atoms with E-state index < -0.39 is 0 Å². The van der Waals surface area contributed by atoms with Crippen LogP contribution >= 0.6 is 0 Å². The van der Waals surface area contributed by atoms with Gasteiger partial charge in [0.2, 0.25) is 11.8 Å². The van der Waals surface area contributed by atoms with Crippen molar-refractivity contribution < 1.29 is 9.59 Å². The molecule has 2 amide bonds. The fraction of sp³-hybridized carbons (Fsp3) is 0.529. The van der Waals surface area contributed by atoms with E-state index in [4.69, 9.17) is 5.73 Å². The average molecular weight is 301 g/mol. The number of carbonyl (C=O) groups is 2. The van der Waals surface area contributed by atoms with Crippen molar-refractivity contribution in [2.45, 2.75) is 45.1 Å². The van der Waals surface area contributed by atoms with E-state index >= 15 is 0 Å². The number of rotatable bonds is 3. The lowest BCUT2D eigenvalue weighted by Crippen LogP contribution is -2.35. The Labute approximate surface area is 130 Å². The Morgan fingerprint density at radius 3 is 2.77 bits per heavy atom. The third kappa shape index (κ3) is 2.93. The standard InChI is InChI=1S/C17H23N3O2/c1-11-6-7-13(18)9-15(11)19-17(22)12-8-16(21)20(10-12)14-4-2-3-5-14/h6-7,9,12,14H,2-5,8,10,18H2,1H3,(H,19,22). The number of hydrogen-bond acceptors (Lipinski definition) is 3. The van der Waals surface area contributed by atoms with Crippen LogP contribution in [0.5, 0.6) is 0 Å². The largest absolute Gasteiger partial charge is 0.399 e. The minimum absolute atomic E-state index is 0.0810. The molecule has 1 heterocycles. The number of amides is 2. The zero-order valence-electron chi connectivity index (χ0n) is 13.0. The molecular formula is C17H23N3O2. The van der Waals surface area contributed by atoms with Crippen LogP contribution in [-0.4, -0.2) is 29.3 Å². The Morgan fingerprint density at radius 1 is 1.32 bits per heavy atom. The average Bonchev–Trinajstić information content (AvgIpc) is 3.11. The SMILES string of the molecule is Cc1ccc(N)cc1NC(=O)C1CC(=O)N(C2CCCC2)C1. The summed E-state index contributed by atoms with van der Waals surface area (Å²) in [6.07, 6.45) is 4.86. The van der Waals surface area contributed by atoms with Gasteiger partial charge in [-0.05, 0) is 37.5 Å². The van der Waals surface area contributed by atoms with Crippen molar-refractivity contribution in [2.75, 3.05) is 17.6 Å². The molecule has 1 aliphatic heterocycles. The van der Waals surface area contributed by atoms with Gasteiger partial charge in [0.05, 0.1) is 5.92 Å². The van der Waals surface area contributed by atoms with Crippen molar-refractivity contribution >= 4 is 23.2 Å². The third-order valence-corrected chi connectivity index (χ3v) is 4.81. The number of hydrogen-bond donors (Lipinski definition) is 2. The van der Waals surface area contributed by atoms with Gasteiger partial charge in [-0.3, -0.25) is 9.59 Å². The summed E-state index contributed by atoms with van der Waals surface area (Å²) in [6.45, 7) is 2.48. The van der Waals surface area contributed by atoms with E-state index in [0.717, 1.165) is 24.1 Å². The van der Waals surface area contributed by atoms with Crippen molar-refractivity contribution in [3.63, 3.8) is 0 Å². The molecular weight excluding hydrogens is 278 g/mol. The van der Waals surface area contributed by atoms with Gasteiger partial charge < -0.3 is 16.0 Å². The molecule has 1 aliphatic carbocycles. The molecule has 118 valence electrons. The van der Waals surface area contributed by atoms with E-state index in [2.05, 4.69) is 5.32 Å². The topological polar surface area (TPSA) is 75.4 Å². The molecule has 0 bridgehead atoms. The zero-order chi connectivity index (χ0) is 15.7. The van der Waals surface area contributed by atoms with E-state index in [9.17, 15) is 9.59 Å². The van der Waals surface area contributed by atoms with Crippen LogP contribution in [0, 0.1) is 12.8 Å². The highest BCUT2D eigenvalue weighted by molar-refractivity contribution is 5.98. The summed E-state index contributed by atoms with van der Waals surface area (Å²) in [5.41, 5.74) is 8.10. The second kappa shape index (κ2) is 5.99. The first kappa shape index (κ1) is 14.9. The van der Waals surface area contributed by atoms with Gasteiger partial charge in [-0.15, -0.1) is 0 Å². The van der Waals surface area contributed by atoms with Crippen LogP contribution in [0.1, 0.15) is 37.7 Å². The Balaban J connectivity index is 1.65. The number of aryl methyl sites for hydroxylation is 1. The van der Waals surface area contributed by atoms with E-state index in [0.29, 0.717) is 24.7 Å². The molecule has 3 N–H and O–H groups in total. The summed E-state index contributed by atoms with van der Waals surface area (Å²) in [4.78, 5) is 26.5. The van der Waals surface area contributed by atoms with Gasteiger partial charge in [0, 0.05) is 30.4 Å². The van der Waals surface area contributed by atoms with Crippen LogP contribution in [0.25, 0.3) is 0 Å². The number of nitrogens with one attached hydrogen (secondary N) is 1. The van der Waals surface area contributed by atoms with Gasteiger partial charge in [-0.2, -0.15) is 0 Å². The predicted octanol–water partition coefficient (Wildman–Crippen LogP) is 2.31. The molecule has 1 saturated carbocycles. The van der Waals surface area contributed by atoms with Crippen LogP contribution in [0.3, 0.4) is 0 Å². The Kier molecular flexibility index (Phi) is 4.05. The molecule has 3 rings (SSSR count). The molecule has 2 aliphatic rings. The van der Waals surface area contributed by atoms with E-state index in [1.165, 1.54) is 12.8 Å². The predicted molar refractivity (Wildman–Crippen MR) is 86.3 cm³/mol. The van der Waals surface area contributed by atoms with Gasteiger partial charge in [0.15, 0.2) is 0 Å². The second-order valence-electron chi connectivity index (χ2n) is 6.45. The summed E-state index contributed by atoms with van der Waals surface area (Å²) in [5, 5.41) is 2.93. The fourth-order valence-corrected chi connectivity index (χ4v) is 3.49. The molecule has 1 atom stereocenters. The Bertz CT molecular complexity index is 594. The maximum absolute atomic E-state index is 12.5. The highest BCUT2D eigenvalue weighted by Gasteiger charge is 2.38. The minimum atomic E-state index is -0.256. The number of nitrogens with zero attached hydrogens (tertiary/aromatic N) is 1. The molecule has 0 aromatic heterocycles. The molecule has 1 saturated heterocycles. The molecule has 1 aromatic rings. The lowest BCUT2D eigenvalue weighted by atomic mass is 10.1. The Hall–Kier alpha value is -2.04. The van der Waals surface area contributed by atoms with Gasteiger partial charge in [-0.25, -0.2) is 0 Å². The number of nitrogen functional groups attached to an aromatic ring is 1. The number of carbonyl (C=O) groups excluding carboxylic acids is 2. The molecule has 1 aromatic carbocycles.